The maximum Gasteiger partial charge on any atom is 0.331 e. The molecule has 2 saturated carbocycles. The van der Waals surface area contributed by atoms with Gasteiger partial charge in [0.15, 0.2) is 5.79 Å². The molecule has 1 heterocycles. The number of carbonyl (C=O) groups is 1. The molecular weight excluding hydrogens is 356 g/mol. The van der Waals surface area contributed by atoms with E-state index in [-0.39, 0.29) is 29.5 Å². The van der Waals surface area contributed by atoms with E-state index in [0.717, 1.165) is 30.4 Å². The Labute approximate surface area is 167 Å². The van der Waals surface area contributed by atoms with Gasteiger partial charge in [-0.25, -0.2) is 4.79 Å². The summed E-state index contributed by atoms with van der Waals surface area (Å²) in [4.78, 5) is 11.9. The lowest BCUT2D eigenvalue weighted by molar-refractivity contribution is -0.171. The van der Waals surface area contributed by atoms with E-state index in [0.29, 0.717) is 12.5 Å². The third-order valence-electron chi connectivity index (χ3n) is 7.15. The van der Waals surface area contributed by atoms with Crippen LogP contribution in [0.5, 0.6) is 0 Å². The third-order valence-corrected chi connectivity index (χ3v) is 7.15. The lowest BCUT2D eigenvalue weighted by atomic mass is 9.72. The summed E-state index contributed by atoms with van der Waals surface area (Å²) in [6.45, 7) is 10.3. The fourth-order valence-electron chi connectivity index (χ4n) is 4.95. The van der Waals surface area contributed by atoms with Crippen molar-refractivity contribution in [1.29, 1.82) is 0 Å². The summed E-state index contributed by atoms with van der Waals surface area (Å²) < 4.78 is 17.5. The molecule has 3 fully saturated rings. The normalized spacial score (nSPS) is 45.3. The molecule has 1 N–H and O–H groups in total. The second kappa shape index (κ2) is 6.54. The molecule has 1 saturated heterocycles. The van der Waals surface area contributed by atoms with E-state index in [1.165, 1.54) is 0 Å². The number of esters is 1. The van der Waals surface area contributed by atoms with Crippen LogP contribution in [0.4, 0.5) is 0 Å². The fourth-order valence-corrected chi connectivity index (χ4v) is 4.95. The maximum absolute atomic E-state index is 11.9. The van der Waals surface area contributed by atoms with Gasteiger partial charge in [-0.2, -0.15) is 0 Å². The standard InChI is InChI=1S/C23H32O5/c1-6-26-20(24)11-18(17-7-8-17)9-10-22(25)14(2)12-23(19-13-21(19,22)5)27-15(3)16(4)28-23/h9-12,15-17,19,25H,6-8,13H2,1-5H3. The van der Waals surface area contributed by atoms with Crippen molar-refractivity contribution in [2.24, 2.45) is 17.3 Å². The Balaban J connectivity index is 1.63. The first kappa shape index (κ1) is 19.9. The van der Waals surface area contributed by atoms with E-state index < -0.39 is 11.4 Å². The van der Waals surface area contributed by atoms with Gasteiger partial charge in [0.05, 0.1) is 18.8 Å². The van der Waals surface area contributed by atoms with Crippen molar-refractivity contribution < 1.29 is 24.1 Å². The van der Waals surface area contributed by atoms with E-state index in [1.807, 2.05) is 39.0 Å². The Bertz CT molecular complexity index is 751. The minimum absolute atomic E-state index is 0.0321. The van der Waals surface area contributed by atoms with Gasteiger partial charge in [-0.3, -0.25) is 0 Å². The molecule has 5 unspecified atom stereocenters. The number of hydrogen-bond donors (Lipinski definition) is 1. The number of aliphatic hydroxyl groups is 1. The molecule has 28 heavy (non-hydrogen) atoms. The molecule has 3 aliphatic carbocycles. The molecule has 4 rings (SSSR count). The Kier molecular flexibility index (Phi) is 4.64. The van der Waals surface area contributed by atoms with Gasteiger partial charge in [0, 0.05) is 17.4 Å². The predicted octanol–water partition coefficient (Wildman–Crippen LogP) is 3.68. The van der Waals surface area contributed by atoms with Gasteiger partial charge in [-0.05, 0) is 76.2 Å². The van der Waals surface area contributed by atoms with Crippen LogP contribution in [0.15, 0.2) is 35.5 Å². The van der Waals surface area contributed by atoms with E-state index in [9.17, 15) is 9.90 Å². The number of fused-ring (bicyclic) bond motifs is 2. The topological polar surface area (TPSA) is 65.0 Å². The molecule has 5 nitrogen and oxygen atoms in total. The largest absolute Gasteiger partial charge is 0.463 e. The Morgan fingerprint density at radius 2 is 1.96 bits per heavy atom. The minimum Gasteiger partial charge on any atom is -0.463 e. The monoisotopic (exact) mass is 388 g/mol. The predicted molar refractivity (Wildman–Crippen MR) is 105 cm³/mol. The molecule has 1 aliphatic heterocycles. The Morgan fingerprint density at radius 3 is 2.54 bits per heavy atom. The smallest absolute Gasteiger partial charge is 0.331 e. The van der Waals surface area contributed by atoms with Crippen LogP contribution in [-0.2, 0) is 19.0 Å². The molecule has 154 valence electrons. The number of rotatable bonds is 5. The molecule has 0 radical (unpaired) electrons. The van der Waals surface area contributed by atoms with Crippen LogP contribution < -0.4 is 0 Å². The molecule has 0 amide bonds. The lowest BCUT2D eigenvalue weighted by Crippen LogP contribution is -2.48. The van der Waals surface area contributed by atoms with Crippen molar-refractivity contribution in [3.05, 3.63) is 35.5 Å². The van der Waals surface area contributed by atoms with Gasteiger partial charge in [-0.15, -0.1) is 0 Å². The number of ether oxygens (including phenoxy) is 3. The van der Waals surface area contributed by atoms with Gasteiger partial charge in [0.25, 0.3) is 0 Å². The zero-order chi connectivity index (χ0) is 20.3. The fraction of sp³-hybridized carbons (Fsp3) is 0.696. The number of hydrogen-bond acceptors (Lipinski definition) is 5. The van der Waals surface area contributed by atoms with E-state index >= 15 is 0 Å². The van der Waals surface area contributed by atoms with Crippen LogP contribution in [-0.4, -0.2) is 41.3 Å². The molecule has 0 bridgehead atoms. The molecule has 0 aromatic rings. The molecule has 0 aromatic carbocycles. The van der Waals surface area contributed by atoms with Crippen molar-refractivity contribution in [1.82, 2.24) is 0 Å². The van der Waals surface area contributed by atoms with Crippen LogP contribution in [0.3, 0.4) is 0 Å². The van der Waals surface area contributed by atoms with Crippen molar-refractivity contribution in [2.45, 2.75) is 77.5 Å². The summed E-state index contributed by atoms with van der Waals surface area (Å²) in [5.41, 5.74) is 0.363. The van der Waals surface area contributed by atoms with Crippen LogP contribution in [0.25, 0.3) is 0 Å². The summed E-state index contributed by atoms with van der Waals surface area (Å²) >= 11 is 0. The highest BCUT2D eigenvalue weighted by atomic mass is 16.8. The highest BCUT2D eigenvalue weighted by Crippen LogP contribution is 2.70. The first-order valence-corrected chi connectivity index (χ1v) is 10.5. The zero-order valence-electron chi connectivity index (χ0n) is 17.5. The molecule has 5 atom stereocenters. The Morgan fingerprint density at radius 1 is 1.32 bits per heavy atom. The van der Waals surface area contributed by atoms with E-state index in [1.54, 1.807) is 13.0 Å². The zero-order valence-corrected chi connectivity index (χ0v) is 17.5. The quantitative estimate of drug-likeness (QED) is 0.337. The highest BCUT2D eigenvalue weighted by molar-refractivity contribution is 5.83. The van der Waals surface area contributed by atoms with Crippen LogP contribution in [0.2, 0.25) is 0 Å². The third kappa shape index (κ3) is 2.99. The molecular formula is C23H32O5. The maximum atomic E-state index is 11.9. The molecule has 0 aromatic heterocycles. The van der Waals surface area contributed by atoms with Gasteiger partial charge in [0.1, 0.15) is 5.60 Å². The highest BCUT2D eigenvalue weighted by Gasteiger charge is 2.74. The first-order chi connectivity index (χ1) is 13.1. The summed E-state index contributed by atoms with van der Waals surface area (Å²) in [6, 6.07) is 0. The average molecular weight is 389 g/mol. The second-order valence-electron chi connectivity index (χ2n) is 9.14. The van der Waals surface area contributed by atoms with Crippen molar-refractivity contribution in [2.75, 3.05) is 6.61 Å². The molecule has 5 heteroatoms. The summed E-state index contributed by atoms with van der Waals surface area (Å²) in [6.07, 6.45) is 10.4. The van der Waals surface area contributed by atoms with Crippen molar-refractivity contribution in [3.8, 4) is 0 Å². The van der Waals surface area contributed by atoms with Crippen molar-refractivity contribution in [3.63, 3.8) is 0 Å². The minimum atomic E-state index is -1.08. The SMILES string of the molecule is CCOC(=O)C=C(C=CC1(O)C(C)=CC2(OC(C)C(C)O2)C2CC21C)C1CC1. The van der Waals surface area contributed by atoms with Crippen LogP contribution in [0.1, 0.15) is 53.9 Å². The van der Waals surface area contributed by atoms with Gasteiger partial charge in [-0.1, -0.05) is 13.0 Å². The summed E-state index contributed by atoms with van der Waals surface area (Å²) in [5, 5.41) is 11.7. The number of allylic oxidation sites excluding steroid dienone is 2. The van der Waals surface area contributed by atoms with E-state index in [4.69, 9.17) is 14.2 Å². The lowest BCUT2D eigenvalue weighted by Gasteiger charge is -2.42. The summed E-state index contributed by atoms with van der Waals surface area (Å²) in [5.74, 6) is -0.543. The Hall–Kier alpha value is -1.43. The van der Waals surface area contributed by atoms with Gasteiger partial charge in [0.2, 0.25) is 0 Å². The van der Waals surface area contributed by atoms with Crippen LogP contribution >= 0.6 is 0 Å². The van der Waals surface area contributed by atoms with Gasteiger partial charge < -0.3 is 19.3 Å². The average Bonchev–Trinajstić information content (AvgIpc) is 3.52. The first-order valence-electron chi connectivity index (χ1n) is 10.5. The number of carbonyl (C=O) groups excluding carboxylic acids is 1. The van der Waals surface area contributed by atoms with Crippen molar-refractivity contribution >= 4 is 5.97 Å². The van der Waals surface area contributed by atoms with Crippen LogP contribution in [0, 0.1) is 17.3 Å². The molecule has 1 spiro atoms. The second-order valence-corrected chi connectivity index (χ2v) is 9.14. The van der Waals surface area contributed by atoms with Gasteiger partial charge >= 0.3 is 5.97 Å². The van der Waals surface area contributed by atoms with E-state index in [2.05, 4.69) is 6.92 Å². The molecule has 4 aliphatic rings. The summed E-state index contributed by atoms with van der Waals surface area (Å²) in [7, 11) is 0.